The van der Waals surface area contributed by atoms with Crippen LogP contribution in [0.5, 0.6) is 0 Å². The molecule has 0 bridgehead atoms. The number of hydrogen-bond acceptors (Lipinski definition) is 1. The van der Waals surface area contributed by atoms with Gasteiger partial charge in [0.25, 0.3) is 0 Å². The first-order valence-electron chi connectivity index (χ1n) is 5.33. The highest BCUT2D eigenvalue weighted by Gasteiger charge is 2.19. The van der Waals surface area contributed by atoms with Crippen molar-refractivity contribution in [2.75, 3.05) is 6.54 Å². The van der Waals surface area contributed by atoms with E-state index < -0.39 is 0 Å². The van der Waals surface area contributed by atoms with Crippen LogP contribution in [0.4, 0.5) is 4.39 Å². The number of halogens is 1. The number of aryl methyl sites for hydroxylation is 1. The third-order valence-electron chi connectivity index (χ3n) is 2.87. The molecule has 0 aliphatic heterocycles. The predicted octanol–water partition coefficient (Wildman–Crippen LogP) is 2.81. The number of rotatable bonds is 2. The van der Waals surface area contributed by atoms with Crippen molar-refractivity contribution in [2.45, 2.75) is 32.2 Å². The third kappa shape index (κ3) is 1.80. The van der Waals surface area contributed by atoms with E-state index in [0.717, 1.165) is 19.4 Å². The van der Waals surface area contributed by atoms with Gasteiger partial charge in [-0.25, -0.2) is 4.39 Å². The van der Waals surface area contributed by atoms with Crippen LogP contribution >= 0.6 is 0 Å². The highest BCUT2D eigenvalue weighted by Crippen LogP contribution is 2.29. The molecule has 1 N–H and O–H groups in total. The van der Waals surface area contributed by atoms with Gasteiger partial charge in [0.2, 0.25) is 0 Å². The molecule has 0 aromatic heterocycles. The van der Waals surface area contributed by atoms with Crippen molar-refractivity contribution in [2.24, 2.45) is 0 Å². The molecule has 0 saturated heterocycles. The fraction of sp³-hybridized carbons (Fsp3) is 0.500. The van der Waals surface area contributed by atoms with E-state index in [2.05, 4.69) is 12.2 Å². The Bertz CT molecular complexity index is 322. The first-order valence-corrected chi connectivity index (χ1v) is 5.33. The van der Waals surface area contributed by atoms with Gasteiger partial charge in [0.05, 0.1) is 0 Å². The van der Waals surface area contributed by atoms with Crippen molar-refractivity contribution >= 4 is 0 Å². The van der Waals surface area contributed by atoms with Crippen LogP contribution in [0, 0.1) is 5.82 Å². The van der Waals surface area contributed by atoms with Crippen LogP contribution in [0.15, 0.2) is 18.2 Å². The zero-order chi connectivity index (χ0) is 9.97. The highest BCUT2D eigenvalue weighted by atomic mass is 19.1. The fourth-order valence-corrected chi connectivity index (χ4v) is 2.24. The molecule has 76 valence electrons. The Kier molecular flexibility index (Phi) is 2.82. The van der Waals surface area contributed by atoms with E-state index in [9.17, 15) is 4.39 Å². The van der Waals surface area contributed by atoms with Crippen LogP contribution in [0.3, 0.4) is 0 Å². The summed E-state index contributed by atoms with van der Waals surface area (Å²) < 4.78 is 13.0. The molecule has 0 saturated carbocycles. The molecule has 0 amide bonds. The second kappa shape index (κ2) is 4.09. The molecule has 2 rings (SSSR count). The molecule has 0 heterocycles. The van der Waals surface area contributed by atoms with Gasteiger partial charge in [-0.3, -0.25) is 0 Å². The molecule has 0 radical (unpaired) electrons. The van der Waals surface area contributed by atoms with Crippen LogP contribution in [0.1, 0.15) is 36.9 Å². The van der Waals surface area contributed by atoms with Gasteiger partial charge in [-0.05, 0) is 49.1 Å². The van der Waals surface area contributed by atoms with Crippen molar-refractivity contribution in [1.29, 1.82) is 0 Å². The topological polar surface area (TPSA) is 12.0 Å². The molecule has 1 aromatic carbocycles. The van der Waals surface area contributed by atoms with Gasteiger partial charge in [-0.15, -0.1) is 0 Å². The minimum absolute atomic E-state index is 0.110. The normalized spacial score (nSPS) is 20.6. The van der Waals surface area contributed by atoms with Crippen LogP contribution in [0.25, 0.3) is 0 Å². The smallest absolute Gasteiger partial charge is 0.123 e. The van der Waals surface area contributed by atoms with Gasteiger partial charge in [0, 0.05) is 6.04 Å². The summed E-state index contributed by atoms with van der Waals surface area (Å²) >= 11 is 0. The lowest BCUT2D eigenvalue weighted by molar-refractivity contribution is 0.469. The van der Waals surface area contributed by atoms with Gasteiger partial charge in [-0.1, -0.05) is 13.0 Å². The monoisotopic (exact) mass is 193 g/mol. The minimum atomic E-state index is -0.110. The molecule has 1 aliphatic rings. The fourth-order valence-electron chi connectivity index (χ4n) is 2.24. The summed E-state index contributed by atoms with van der Waals surface area (Å²) in [5.41, 5.74) is 2.47. The molecular formula is C12H16FN. The van der Waals surface area contributed by atoms with Gasteiger partial charge in [0.1, 0.15) is 5.82 Å². The summed E-state index contributed by atoms with van der Waals surface area (Å²) in [5.74, 6) is -0.110. The minimum Gasteiger partial charge on any atom is -0.310 e. The van der Waals surface area contributed by atoms with E-state index in [1.807, 2.05) is 6.07 Å². The van der Waals surface area contributed by atoms with E-state index in [-0.39, 0.29) is 5.82 Å². The first kappa shape index (κ1) is 9.66. The maximum atomic E-state index is 13.0. The summed E-state index contributed by atoms with van der Waals surface area (Å²) in [4.78, 5) is 0. The Labute approximate surface area is 84.3 Å². The molecule has 1 aromatic rings. The average molecular weight is 193 g/mol. The molecule has 0 fully saturated rings. The van der Waals surface area contributed by atoms with Crippen molar-refractivity contribution in [3.05, 3.63) is 35.1 Å². The lowest BCUT2D eigenvalue weighted by Crippen LogP contribution is -2.24. The largest absolute Gasteiger partial charge is 0.310 e. The highest BCUT2D eigenvalue weighted by molar-refractivity contribution is 5.32. The standard InChI is InChI=1S/C12H16FN/c1-2-14-12-5-3-4-9-8-10(13)6-7-11(9)12/h6-8,12,14H,2-5H2,1H3/t12-/m0/s1. The number of hydrogen-bond donors (Lipinski definition) is 1. The van der Waals surface area contributed by atoms with E-state index in [1.54, 1.807) is 12.1 Å². The maximum absolute atomic E-state index is 13.0. The number of nitrogens with one attached hydrogen (secondary N) is 1. The predicted molar refractivity (Wildman–Crippen MR) is 55.8 cm³/mol. The van der Waals surface area contributed by atoms with Crippen molar-refractivity contribution in [3.8, 4) is 0 Å². The Morgan fingerprint density at radius 2 is 2.36 bits per heavy atom. The van der Waals surface area contributed by atoms with Gasteiger partial charge < -0.3 is 5.32 Å². The Hall–Kier alpha value is -0.890. The lowest BCUT2D eigenvalue weighted by Gasteiger charge is -2.26. The zero-order valence-corrected chi connectivity index (χ0v) is 8.52. The lowest BCUT2D eigenvalue weighted by atomic mass is 9.87. The summed E-state index contributed by atoms with van der Waals surface area (Å²) in [5, 5.41) is 3.44. The number of benzene rings is 1. The third-order valence-corrected chi connectivity index (χ3v) is 2.87. The maximum Gasteiger partial charge on any atom is 0.123 e. The summed E-state index contributed by atoms with van der Waals surface area (Å²) in [6, 6.07) is 5.61. The SMILES string of the molecule is CCN[C@H]1CCCc2cc(F)ccc21. The van der Waals surface area contributed by atoms with E-state index in [4.69, 9.17) is 0 Å². The molecule has 14 heavy (non-hydrogen) atoms. The van der Waals surface area contributed by atoms with E-state index >= 15 is 0 Å². The van der Waals surface area contributed by atoms with E-state index in [0.29, 0.717) is 6.04 Å². The molecule has 1 atom stereocenters. The molecule has 0 unspecified atom stereocenters. The average Bonchev–Trinajstić information content (AvgIpc) is 2.18. The van der Waals surface area contributed by atoms with Gasteiger partial charge >= 0.3 is 0 Å². The van der Waals surface area contributed by atoms with Crippen molar-refractivity contribution < 1.29 is 4.39 Å². The Morgan fingerprint density at radius 1 is 1.50 bits per heavy atom. The van der Waals surface area contributed by atoms with Gasteiger partial charge in [-0.2, -0.15) is 0 Å². The van der Waals surface area contributed by atoms with E-state index in [1.165, 1.54) is 17.5 Å². The molecule has 0 spiro atoms. The van der Waals surface area contributed by atoms with Crippen molar-refractivity contribution in [1.82, 2.24) is 5.32 Å². The van der Waals surface area contributed by atoms with Crippen LogP contribution in [0.2, 0.25) is 0 Å². The summed E-state index contributed by atoms with van der Waals surface area (Å²) in [6.07, 6.45) is 3.36. The summed E-state index contributed by atoms with van der Waals surface area (Å²) in [6.45, 7) is 3.08. The van der Waals surface area contributed by atoms with Crippen LogP contribution in [-0.4, -0.2) is 6.54 Å². The number of fused-ring (bicyclic) bond motifs is 1. The molecule has 1 aliphatic carbocycles. The second-order valence-electron chi connectivity index (χ2n) is 3.85. The van der Waals surface area contributed by atoms with Crippen LogP contribution in [-0.2, 0) is 6.42 Å². The van der Waals surface area contributed by atoms with Crippen LogP contribution < -0.4 is 5.32 Å². The first-order chi connectivity index (χ1) is 6.81. The second-order valence-corrected chi connectivity index (χ2v) is 3.85. The zero-order valence-electron chi connectivity index (χ0n) is 8.52. The van der Waals surface area contributed by atoms with Gasteiger partial charge in [0.15, 0.2) is 0 Å². The Morgan fingerprint density at radius 3 is 3.14 bits per heavy atom. The molecular weight excluding hydrogens is 177 g/mol. The Balaban J connectivity index is 2.30. The quantitative estimate of drug-likeness (QED) is 0.761. The summed E-state index contributed by atoms with van der Waals surface area (Å²) in [7, 11) is 0. The van der Waals surface area contributed by atoms with Crippen molar-refractivity contribution in [3.63, 3.8) is 0 Å². The molecule has 2 heteroatoms. The molecule has 1 nitrogen and oxygen atoms in total.